The van der Waals surface area contributed by atoms with E-state index in [1.807, 2.05) is 19.1 Å². The molecule has 0 spiro atoms. The van der Waals surface area contributed by atoms with Crippen LogP contribution in [0.5, 0.6) is 0 Å². The van der Waals surface area contributed by atoms with Crippen LogP contribution < -0.4 is 5.32 Å². The fourth-order valence-electron chi connectivity index (χ4n) is 1.97. The Morgan fingerprint density at radius 1 is 1.39 bits per heavy atom. The van der Waals surface area contributed by atoms with E-state index in [0.717, 1.165) is 30.5 Å². The summed E-state index contributed by atoms with van der Waals surface area (Å²) in [5, 5.41) is 3.51. The lowest BCUT2D eigenvalue weighted by molar-refractivity contribution is 0.0601. The Labute approximate surface area is 110 Å². The molecular formula is C15H23NO2. The van der Waals surface area contributed by atoms with Gasteiger partial charge in [0, 0.05) is 11.7 Å². The number of hydrogen-bond donors (Lipinski definition) is 1. The third kappa shape index (κ3) is 3.76. The zero-order valence-electron chi connectivity index (χ0n) is 11.7. The van der Waals surface area contributed by atoms with E-state index in [0.29, 0.717) is 11.6 Å². The first-order chi connectivity index (χ1) is 8.62. The lowest BCUT2D eigenvalue weighted by Crippen LogP contribution is -2.19. The van der Waals surface area contributed by atoms with Crippen molar-refractivity contribution in [2.24, 2.45) is 0 Å². The average molecular weight is 249 g/mol. The highest BCUT2D eigenvalue weighted by Gasteiger charge is 2.10. The zero-order chi connectivity index (χ0) is 13.5. The molecule has 0 fully saturated rings. The van der Waals surface area contributed by atoms with Crippen LogP contribution in [0.15, 0.2) is 18.2 Å². The molecule has 0 radical (unpaired) electrons. The molecule has 0 aliphatic carbocycles. The molecule has 18 heavy (non-hydrogen) atoms. The normalized spacial score (nSPS) is 12.0. The highest BCUT2D eigenvalue weighted by molar-refractivity contribution is 5.90. The highest BCUT2D eigenvalue weighted by Crippen LogP contribution is 2.20. The number of anilines is 1. The van der Waals surface area contributed by atoms with Gasteiger partial charge in [0.25, 0.3) is 0 Å². The number of carbonyl (C=O) groups is 1. The van der Waals surface area contributed by atoms with Gasteiger partial charge in [-0.2, -0.15) is 0 Å². The van der Waals surface area contributed by atoms with Crippen molar-refractivity contribution in [3.05, 3.63) is 29.3 Å². The predicted octanol–water partition coefficient (Wildman–Crippen LogP) is 3.77. The van der Waals surface area contributed by atoms with Gasteiger partial charge in [-0.3, -0.25) is 0 Å². The Balaban J connectivity index is 2.89. The second-order valence-corrected chi connectivity index (χ2v) is 4.56. The Morgan fingerprint density at radius 2 is 2.11 bits per heavy atom. The van der Waals surface area contributed by atoms with Gasteiger partial charge in [0.1, 0.15) is 0 Å². The number of benzene rings is 1. The number of nitrogens with one attached hydrogen (secondary N) is 1. The lowest BCUT2D eigenvalue weighted by Gasteiger charge is -2.19. The van der Waals surface area contributed by atoms with Crippen molar-refractivity contribution in [2.45, 2.75) is 46.1 Å². The molecule has 0 heterocycles. The summed E-state index contributed by atoms with van der Waals surface area (Å²) in [7, 11) is 1.40. The Bertz CT molecular complexity index is 401. The first kappa shape index (κ1) is 14.6. The summed E-state index contributed by atoms with van der Waals surface area (Å²) in [4.78, 5) is 11.5. The Morgan fingerprint density at radius 3 is 2.67 bits per heavy atom. The van der Waals surface area contributed by atoms with Gasteiger partial charge in [-0.25, -0.2) is 4.79 Å². The van der Waals surface area contributed by atoms with Gasteiger partial charge in [-0.1, -0.05) is 26.3 Å². The number of carbonyl (C=O) groups excluding carboxylic acids is 1. The maximum atomic E-state index is 11.5. The van der Waals surface area contributed by atoms with E-state index in [2.05, 4.69) is 19.2 Å². The molecule has 0 saturated carbocycles. The van der Waals surface area contributed by atoms with Gasteiger partial charge >= 0.3 is 5.97 Å². The van der Waals surface area contributed by atoms with E-state index in [-0.39, 0.29) is 5.97 Å². The molecule has 0 bridgehead atoms. The van der Waals surface area contributed by atoms with Crippen molar-refractivity contribution in [3.63, 3.8) is 0 Å². The standard InChI is InChI=1S/C15H23NO2/c1-5-7-13(6-2)16-14-10-12(15(17)18-4)9-8-11(14)3/h8-10,13,16H,5-7H2,1-4H3. The predicted molar refractivity (Wildman–Crippen MR) is 75.1 cm³/mol. The molecule has 0 saturated heterocycles. The number of ether oxygens (including phenoxy) is 1. The number of aryl methyl sites for hydroxylation is 1. The quantitative estimate of drug-likeness (QED) is 0.780. The summed E-state index contributed by atoms with van der Waals surface area (Å²) in [6.07, 6.45) is 3.37. The number of hydrogen-bond acceptors (Lipinski definition) is 3. The second kappa shape index (κ2) is 7.04. The molecule has 1 rings (SSSR count). The van der Waals surface area contributed by atoms with Crippen LogP contribution in [0.3, 0.4) is 0 Å². The number of methoxy groups -OCH3 is 1. The van der Waals surface area contributed by atoms with Crippen LogP contribution in [0.25, 0.3) is 0 Å². The molecule has 0 aromatic heterocycles. The minimum absolute atomic E-state index is 0.290. The van der Waals surface area contributed by atoms with E-state index >= 15 is 0 Å². The van der Waals surface area contributed by atoms with E-state index < -0.39 is 0 Å². The van der Waals surface area contributed by atoms with Crippen LogP contribution in [0.1, 0.15) is 49.0 Å². The molecule has 1 N–H and O–H groups in total. The lowest BCUT2D eigenvalue weighted by atomic mass is 10.1. The van der Waals surface area contributed by atoms with Gasteiger partial charge in [0.15, 0.2) is 0 Å². The maximum absolute atomic E-state index is 11.5. The molecule has 1 aromatic rings. The summed E-state index contributed by atoms with van der Waals surface area (Å²) in [6, 6.07) is 6.08. The van der Waals surface area contributed by atoms with Crippen molar-refractivity contribution >= 4 is 11.7 Å². The van der Waals surface area contributed by atoms with Gasteiger partial charge in [0.2, 0.25) is 0 Å². The summed E-state index contributed by atoms with van der Waals surface area (Å²) in [5.74, 6) is -0.290. The third-order valence-electron chi connectivity index (χ3n) is 3.15. The molecular weight excluding hydrogens is 226 g/mol. The van der Waals surface area contributed by atoms with Gasteiger partial charge in [-0.15, -0.1) is 0 Å². The van der Waals surface area contributed by atoms with Crippen LogP contribution in [0.2, 0.25) is 0 Å². The molecule has 0 amide bonds. The molecule has 0 aliphatic heterocycles. The maximum Gasteiger partial charge on any atom is 0.337 e. The third-order valence-corrected chi connectivity index (χ3v) is 3.15. The van der Waals surface area contributed by atoms with Crippen molar-refractivity contribution in [2.75, 3.05) is 12.4 Å². The minimum Gasteiger partial charge on any atom is -0.465 e. The molecule has 1 atom stereocenters. The van der Waals surface area contributed by atoms with E-state index in [9.17, 15) is 4.79 Å². The van der Waals surface area contributed by atoms with Gasteiger partial charge in [0.05, 0.1) is 12.7 Å². The fraction of sp³-hybridized carbons (Fsp3) is 0.533. The van der Waals surface area contributed by atoms with Crippen LogP contribution in [0.4, 0.5) is 5.69 Å². The summed E-state index contributed by atoms with van der Waals surface area (Å²) in [5.41, 5.74) is 2.77. The van der Waals surface area contributed by atoms with Crippen molar-refractivity contribution in [3.8, 4) is 0 Å². The molecule has 1 aromatic carbocycles. The molecule has 1 unspecified atom stereocenters. The summed E-state index contributed by atoms with van der Waals surface area (Å²) < 4.78 is 4.74. The minimum atomic E-state index is -0.290. The fourth-order valence-corrected chi connectivity index (χ4v) is 1.97. The second-order valence-electron chi connectivity index (χ2n) is 4.56. The topological polar surface area (TPSA) is 38.3 Å². The Kier molecular flexibility index (Phi) is 5.69. The van der Waals surface area contributed by atoms with Crippen molar-refractivity contribution < 1.29 is 9.53 Å². The molecule has 0 aliphatic rings. The first-order valence-corrected chi connectivity index (χ1v) is 6.57. The van der Waals surface area contributed by atoms with Crippen molar-refractivity contribution in [1.29, 1.82) is 0 Å². The first-order valence-electron chi connectivity index (χ1n) is 6.57. The molecule has 100 valence electrons. The monoisotopic (exact) mass is 249 g/mol. The Hall–Kier alpha value is -1.51. The number of esters is 1. The number of rotatable bonds is 6. The van der Waals surface area contributed by atoms with E-state index in [1.165, 1.54) is 7.11 Å². The zero-order valence-corrected chi connectivity index (χ0v) is 11.7. The van der Waals surface area contributed by atoms with E-state index in [1.54, 1.807) is 6.07 Å². The van der Waals surface area contributed by atoms with E-state index in [4.69, 9.17) is 4.74 Å². The summed E-state index contributed by atoms with van der Waals surface area (Å²) in [6.45, 7) is 6.40. The van der Waals surface area contributed by atoms with Gasteiger partial charge in [-0.05, 0) is 37.5 Å². The van der Waals surface area contributed by atoms with Crippen LogP contribution >= 0.6 is 0 Å². The van der Waals surface area contributed by atoms with Gasteiger partial charge < -0.3 is 10.1 Å². The van der Waals surface area contributed by atoms with Crippen LogP contribution in [-0.2, 0) is 4.74 Å². The van der Waals surface area contributed by atoms with Crippen molar-refractivity contribution in [1.82, 2.24) is 0 Å². The smallest absolute Gasteiger partial charge is 0.337 e. The molecule has 3 heteroatoms. The summed E-state index contributed by atoms with van der Waals surface area (Å²) >= 11 is 0. The molecule has 3 nitrogen and oxygen atoms in total. The van der Waals surface area contributed by atoms with Crippen LogP contribution in [-0.4, -0.2) is 19.1 Å². The largest absolute Gasteiger partial charge is 0.465 e. The van der Waals surface area contributed by atoms with Crippen LogP contribution in [0, 0.1) is 6.92 Å². The SMILES string of the molecule is CCCC(CC)Nc1cc(C(=O)OC)ccc1C. The highest BCUT2D eigenvalue weighted by atomic mass is 16.5. The average Bonchev–Trinajstić information content (AvgIpc) is 2.39.